The molecule has 0 spiro atoms. The Balaban J connectivity index is 2.04. The molecule has 0 aliphatic rings. The van der Waals surface area contributed by atoms with E-state index < -0.39 is 18.0 Å². The average Bonchev–Trinajstić information content (AvgIpc) is 2.61. The van der Waals surface area contributed by atoms with Crippen LogP contribution in [0.4, 0.5) is 5.69 Å². The maximum atomic E-state index is 12.2. The number of nitrogens with one attached hydrogen (secondary N) is 1. The zero-order valence-electron chi connectivity index (χ0n) is 14.4. The van der Waals surface area contributed by atoms with Gasteiger partial charge in [-0.2, -0.15) is 0 Å². The number of hydrogen-bond donors (Lipinski definition) is 2. The molecule has 138 valence electrons. The Kier molecular flexibility index (Phi) is 6.30. The Morgan fingerprint density at radius 2 is 1.77 bits per heavy atom. The molecule has 0 saturated carbocycles. The fraction of sp³-hybridized carbons (Fsp3) is 0.222. The molecule has 0 aliphatic heterocycles. The third-order valence-electron chi connectivity index (χ3n) is 3.48. The highest BCUT2D eigenvalue weighted by atomic mass is 35.5. The summed E-state index contributed by atoms with van der Waals surface area (Å²) in [6.45, 7) is 1.42. The predicted molar refractivity (Wildman–Crippen MR) is 96.2 cm³/mol. The molecule has 26 heavy (non-hydrogen) atoms. The van der Waals surface area contributed by atoms with E-state index in [1.165, 1.54) is 39.3 Å². The summed E-state index contributed by atoms with van der Waals surface area (Å²) in [7, 11) is 2.98. The highest BCUT2D eigenvalue weighted by molar-refractivity contribution is 6.30. The van der Waals surface area contributed by atoms with Crippen molar-refractivity contribution in [1.29, 1.82) is 0 Å². The van der Waals surface area contributed by atoms with E-state index in [-0.39, 0.29) is 16.3 Å². The van der Waals surface area contributed by atoms with Crippen LogP contribution in [-0.2, 0) is 9.53 Å². The van der Waals surface area contributed by atoms with Gasteiger partial charge in [0.1, 0.15) is 11.3 Å². The van der Waals surface area contributed by atoms with Crippen molar-refractivity contribution in [3.05, 3.63) is 47.0 Å². The van der Waals surface area contributed by atoms with Gasteiger partial charge in [-0.3, -0.25) is 4.79 Å². The molecule has 0 bridgehead atoms. The summed E-state index contributed by atoms with van der Waals surface area (Å²) in [5.41, 5.74) is 0.366. The monoisotopic (exact) mass is 379 g/mol. The zero-order valence-corrected chi connectivity index (χ0v) is 15.2. The van der Waals surface area contributed by atoms with Gasteiger partial charge in [0.2, 0.25) is 0 Å². The molecular formula is C18H18ClNO6. The summed E-state index contributed by atoms with van der Waals surface area (Å²) in [5.74, 6) is -0.743. The van der Waals surface area contributed by atoms with Crippen molar-refractivity contribution < 1.29 is 28.9 Å². The molecule has 2 N–H and O–H groups in total. The van der Waals surface area contributed by atoms with Crippen LogP contribution in [0, 0.1) is 0 Å². The van der Waals surface area contributed by atoms with E-state index in [1.807, 2.05) is 0 Å². The molecule has 0 heterocycles. The molecule has 2 aromatic carbocycles. The number of esters is 1. The van der Waals surface area contributed by atoms with Crippen LogP contribution in [0.5, 0.6) is 17.2 Å². The third kappa shape index (κ3) is 4.58. The normalized spacial score (nSPS) is 11.4. The van der Waals surface area contributed by atoms with E-state index in [1.54, 1.807) is 18.2 Å². The second kappa shape index (κ2) is 8.44. The van der Waals surface area contributed by atoms with E-state index in [2.05, 4.69) is 5.32 Å². The lowest BCUT2D eigenvalue weighted by molar-refractivity contribution is -0.123. The molecule has 7 nitrogen and oxygen atoms in total. The van der Waals surface area contributed by atoms with Crippen molar-refractivity contribution in [2.24, 2.45) is 0 Å². The SMILES string of the molecule is COc1ccc(NC(=O)[C@@H](C)OC(=O)c2ccc(Cl)cc2O)cc1OC. The molecule has 2 aromatic rings. The summed E-state index contributed by atoms with van der Waals surface area (Å²) < 4.78 is 15.4. The number of hydrogen-bond acceptors (Lipinski definition) is 6. The van der Waals surface area contributed by atoms with Gasteiger partial charge in [-0.15, -0.1) is 0 Å². The first-order valence-electron chi connectivity index (χ1n) is 7.58. The second-order valence-electron chi connectivity index (χ2n) is 5.27. The number of carbonyl (C=O) groups excluding carboxylic acids is 2. The quantitative estimate of drug-likeness (QED) is 0.748. The van der Waals surface area contributed by atoms with Gasteiger partial charge in [0.25, 0.3) is 5.91 Å². The Bertz CT molecular complexity index is 823. The minimum Gasteiger partial charge on any atom is -0.507 e. The molecule has 0 radical (unpaired) electrons. The first kappa shape index (κ1) is 19.4. The minimum atomic E-state index is -1.09. The van der Waals surface area contributed by atoms with Crippen LogP contribution < -0.4 is 14.8 Å². The second-order valence-corrected chi connectivity index (χ2v) is 5.70. The molecule has 1 atom stereocenters. The van der Waals surface area contributed by atoms with Gasteiger partial charge in [0, 0.05) is 16.8 Å². The Morgan fingerprint density at radius 3 is 2.38 bits per heavy atom. The molecule has 0 fully saturated rings. The van der Waals surface area contributed by atoms with Crippen LogP contribution in [0.25, 0.3) is 0 Å². The summed E-state index contributed by atoms with van der Waals surface area (Å²) >= 11 is 5.72. The fourth-order valence-corrected chi connectivity index (χ4v) is 2.28. The summed E-state index contributed by atoms with van der Waals surface area (Å²) in [4.78, 5) is 24.3. The smallest absolute Gasteiger partial charge is 0.342 e. The molecule has 0 aliphatic carbocycles. The first-order chi connectivity index (χ1) is 12.3. The third-order valence-corrected chi connectivity index (χ3v) is 3.72. The van der Waals surface area contributed by atoms with Gasteiger partial charge in [0.05, 0.1) is 14.2 Å². The molecule has 0 unspecified atom stereocenters. The highest BCUT2D eigenvalue weighted by Crippen LogP contribution is 2.30. The lowest BCUT2D eigenvalue weighted by atomic mass is 10.2. The lowest BCUT2D eigenvalue weighted by Gasteiger charge is -2.15. The topological polar surface area (TPSA) is 94.1 Å². The van der Waals surface area contributed by atoms with Gasteiger partial charge >= 0.3 is 5.97 Å². The van der Waals surface area contributed by atoms with Crippen molar-refractivity contribution in [2.45, 2.75) is 13.0 Å². The number of phenolic OH excluding ortho intramolecular Hbond substituents is 1. The van der Waals surface area contributed by atoms with E-state index in [0.29, 0.717) is 17.2 Å². The number of phenols is 1. The number of carbonyl (C=O) groups is 2. The summed E-state index contributed by atoms with van der Waals surface area (Å²) in [6.07, 6.45) is -1.09. The van der Waals surface area contributed by atoms with Gasteiger partial charge in [0.15, 0.2) is 17.6 Å². The number of rotatable bonds is 6. The highest BCUT2D eigenvalue weighted by Gasteiger charge is 2.21. The van der Waals surface area contributed by atoms with Gasteiger partial charge in [-0.1, -0.05) is 11.6 Å². The molecule has 0 aromatic heterocycles. The summed E-state index contributed by atoms with van der Waals surface area (Å²) in [5, 5.41) is 12.6. The zero-order chi connectivity index (χ0) is 19.3. The van der Waals surface area contributed by atoms with Crippen LogP contribution >= 0.6 is 11.6 Å². The fourth-order valence-electron chi connectivity index (χ4n) is 2.11. The Morgan fingerprint density at radius 1 is 1.08 bits per heavy atom. The lowest BCUT2D eigenvalue weighted by Crippen LogP contribution is -2.30. The minimum absolute atomic E-state index is 0.0832. The molecular weight excluding hydrogens is 362 g/mol. The van der Waals surface area contributed by atoms with Gasteiger partial charge in [-0.25, -0.2) is 4.79 Å². The number of halogens is 1. The Hall–Kier alpha value is -2.93. The molecule has 0 saturated heterocycles. The average molecular weight is 380 g/mol. The number of aromatic hydroxyl groups is 1. The maximum absolute atomic E-state index is 12.2. The van der Waals surface area contributed by atoms with Crippen molar-refractivity contribution >= 4 is 29.2 Å². The van der Waals surface area contributed by atoms with Crippen LogP contribution in [0.1, 0.15) is 17.3 Å². The number of ether oxygens (including phenoxy) is 3. The maximum Gasteiger partial charge on any atom is 0.342 e. The molecule has 1 amide bonds. The van der Waals surface area contributed by atoms with Crippen LogP contribution in [-0.4, -0.2) is 37.3 Å². The van der Waals surface area contributed by atoms with E-state index in [0.717, 1.165) is 0 Å². The van der Waals surface area contributed by atoms with E-state index in [4.69, 9.17) is 25.8 Å². The molecule has 8 heteroatoms. The van der Waals surface area contributed by atoms with Crippen molar-refractivity contribution in [1.82, 2.24) is 0 Å². The van der Waals surface area contributed by atoms with Gasteiger partial charge < -0.3 is 24.6 Å². The Labute approximate surface area is 155 Å². The predicted octanol–water partition coefficient (Wildman–Crippen LogP) is 3.25. The van der Waals surface area contributed by atoms with Crippen LogP contribution in [0.15, 0.2) is 36.4 Å². The van der Waals surface area contributed by atoms with Crippen molar-refractivity contribution in [3.63, 3.8) is 0 Å². The largest absolute Gasteiger partial charge is 0.507 e. The molecule has 2 rings (SSSR count). The van der Waals surface area contributed by atoms with Gasteiger partial charge in [-0.05, 0) is 37.3 Å². The van der Waals surface area contributed by atoms with E-state index >= 15 is 0 Å². The number of anilines is 1. The summed E-state index contributed by atoms with van der Waals surface area (Å²) in [6, 6.07) is 8.81. The van der Waals surface area contributed by atoms with Crippen LogP contribution in [0.2, 0.25) is 5.02 Å². The standard InChI is InChI=1S/C18H18ClNO6/c1-10(26-18(23)13-6-4-11(19)8-14(13)21)17(22)20-12-5-7-15(24-2)16(9-12)25-3/h4-10,21H,1-3H3,(H,20,22)/t10-/m1/s1. The number of benzene rings is 2. The van der Waals surface area contributed by atoms with Crippen LogP contribution in [0.3, 0.4) is 0 Å². The number of amides is 1. The van der Waals surface area contributed by atoms with Crippen molar-refractivity contribution in [3.8, 4) is 17.2 Å². The number of methoxy groups -OCH3 is 2. The first-order valence-corrected chi connectivity index (χ1v) is 7.96. The van der Waals surface area contributed by atoms with E-state index in [9.17, 15) is 14.7 Å². The van der Waals surface area contributed by atoms with Crippen molar-refractivity contribution in [2.75, 3.05) is 19.5 Å².